The van der Waals surface area contributed by atoms with E-state index in [1.807, 2.05) is 31.2 Å². The minimum atomic E-state index is -0.511. The average Bonchev–Trinajstić information content (AvgIpc) is 2.49. The predicted octanol–water partition coefficient (Wildman–Crippen LogP) is 4.64. The molecular weight excluding hydrogens is 335 g/mol. The Morgan fingerprint density at radius 2 is 2.05 bits per heavy atom. The second kappa shape index (κ2) is 6.59. The lowest BCUT2D eigenvalue weighted by Crippen LogP contribution is -2.07. The maximum Gasteiger partial charge on any atom is 0.141 e. The van der Waals surface area contributed by atoms with Crippen molar-refractivity contribution in [2.45, 2.75) is 13.0 Å². The number of halogens is 2. The molecule has 1 N–H and O–H groups in total. The summed E-state index contributed by atoms with van der Waals surface area (Å²) in [5, 5.41) is 12.1. The molecule has 0 saturated heterocycles. The summed E-state index contributed by atoms with van der Waals surface area (Å²) in [7, 11) is 1.61. The zero-order chi connectivity index (χ0) is 15.4. The Kier molecular flexibility index (Phi) is 4.81. The fourth-order valence-electron chi connectivity index (χ4n) is 1.99. The minimum Gasteiger partial charge on any atom is -0.496 e. The van der Waals surface area contributed by atoms with Crippen LogP contribution < -0.4 is 10.1 Å². The van der Waals surface area contributed by atoms with Crippen LogP contribution in [0.2, 0.25) is 0 Å². The van der Waals surface area contributed by atoms with Crippen molar-refractivity contribution in [2.24, 2.45) is 0 Å². The molecule has 0 aliphatic rings. The fourth-order valence-corrected chi connectivity index (χ4v) is 2.54. The molecule has 0 aliphatic heterocycles. The molecule has 2 aromatic rings. The van der Waals surface area contributed by atoms with Crippen LogP contribution in [0.15, 0.2) is 40.9 Å². The number of nitrogens with zero attached hydrogens (tertiary/aromatic N) is 1. The van der Waals surface area contributed by atoms with Crippen LogP contribution in [0.1, 0.15) is 24.1 Å². The molecule has 0 heterocycles. The standard InChI is InChI=1S/C16H14BrFN2O/c1-10(11-3-6-16(21-2)14(17)8-11)20-13-4-5-15(18)12(7-13)9-19/h3-8,10,20H,1-2H3. The molecule has 108 valence electrons. The fraction of sp³-hybridized carbons (Fsp3) is 0.188. The van der Waals surface area contributed by atoms with Crippen LogP contribution in [0.5, 0.6) is 5.75 Å². The summed E-state index contributed by atoms with van der Waals surface area (Å²) in [6.07, 6.45) is 0. The highest BCUT2D eigenvalue weighted by Crippen LogP contribution is 2.29. The average molecular weight is 349 g/mol. The van der Waals surface area contributed by atoms with E-state index in [4.69, 9.17) is 10.00 Å². The molecule has 0 bridgehead atoms. The van der Waals surface area contributed by atoms with Gasteiger partial charge in [0.25, 0.3) is 0 Å². The van der Waals surface area contributed by atoms with Gasteiger partial charge < -0.3 is 10.1 Å². The van der Waals surface area contributed by atoms with Crippen LogP contribution in [0, 0.1) is 17.1 Å². The third-order valence-electron chi connectivity index (χ3n) is 3.15. The molecule has 0 aliphatic carbocycles. The summed E-state index contributed by atoms with van der Waals surface area (Å²) < 4.78 is 19.4. The summed E-state index contributed by atoms with van der Waals surface area (Å²) >= 11 is 3.45. The normalized spacial score (nSPS) is 11.6. The van der Waals surface area contributed by atoms with E-state index in [1.165, 1.54) is 12.1 Å². The number of nitrogens with one attached hydrogen (secondary N) is 1. The van der Waals surface area contributed by atoms with Crippen molar-refractivity contribution in [3.63, 3.8) is 0 Å². The van der Waals surface area contributed by atoms with Gasteiger partial charge >= 0.3 is 0 Å². The maximum atomic E-state index is 13.3. The summed E-state index contributed by atoms with van der Waals surface area (Å²) in [6, 6.07) is 12.0. The number of ether oxygens (including phenoxy) is 1. The first-order chi connectivity index (χ1) is 10.0. The van der Waals surface area contributed by atoms with E-state index in [0.29, 0.717) is 5.69 Å². The van der Waals surface area contributed by atoms with Crippen molar-refractivity contribution in [1.82, 2.24) is 0 Å². The van der Waals surface area contributed by atoms with E-state index in [1.54, 1.807) is 13.2 Å². The molecule has 0 fully saturated rings. The third-order valence-corrected chi connectivity index (χ3v) is 3.77. The van der Waals surface area contributed by atoms with Crippen LogP contribution in [0.4, 0.5) is 10.1 Å². The quantitative estimate of drug-likeness (QED) is 0.875. The van der Waals surface area contributed by atoms with Gasteiger partial charge in [0, 0.05) is 11.7 Å². The summed E-state index contributed by atoms with van der Waals surface area (Å²) in [4.78, 5) is 0. The SMILES string of the molecule is COc1ccc(C(C)Nc2ccc(F)c(C#N)c2)cc1Br. The summed E-state index contributed by atoms with van der Waals surface area (Å²) in [5.41, 5.74) is 1.78. The number of nitriles is 1. The molecule has 3 nitrogen and oxygen atoms in total. The lowest BCUT2D eigenvalue weighted by molar-refractivity contribution is 0.412. The zero-order valence-corrected chi connectivity index (χ0v) is 13.2. The maximum absolute atomic E-state index is 13.3. The zero-order valence-electron chi connectivity index (χ0n) is 11.7. The van der Waals surface area contributed by atoms with Gasteiger partial charge in [-0.05, 0) is 58.7 Å². The predicted molar refractivity (Wildman–Crippen MR) is 83.8 cm³/mol. The van der Waals surface area contributed by atoms with Crippen molar-refractivity contribution in [2.75, 3.05) is 12.4 Å². The Labute approximate surface area is 131 Å². The number of rotatable bonds is 4. The summed E-state index contributed by atoms with van der Waals surface area (Å²) in [6.45, 7) is 1.99. The molecule has 5 heteroatoms. The number of benzene rings is 2. The highest BCUT2D eigenvalue weighted by molar-refractivity contribution is 9.10. The van der Waals surface area contributed by atoms with Gasteiger partial charge in [0.2, 0.25) is 0 Å². The smallest absolute Gasteiger partial charge is 0.141 e. The van der Waals surface area contributed by atoms with Crippen LogP contribution in [0.3, 0.4) is 0 Å². The molecular formula is C16H14BrFN2O. The molecule has 0 amide bonds. The molecule has 0 spiro atoms. The minimum absolute atomic E-state index is 0.00390. The van der Waals surface area contributed by atoms with Crippen LogP contribution in [-0.4, -0.2) is 7.11 Å². The first-order valence-electron chi connectivity index (χ1n) is 6.34. The lowest BCUT2D eigenvalue weighted by Gasteiger charge is -2.17. The summed E-state index contributed by atoms with van der Waals surface area (Å²) in [5.74, 6) is 0.252. The monoisotopic (exact) mass is 348 g/mol. The Balaban J connectivity index is 2.20. The molecule has 0 saturated carbocycles. The Hall–Kier alpha value is -2.06. The van der Waals surface area contributed by atoms with E-state index < -0.39 is 5.82 Å². The van der Waals surface area contributed by atoms with Crippen molar-refractivity contribution >= 4 is 21.6 Å². The van der Waals surface area contributed by atoms with Crippen molar-refractivity contribution in [3.8, 4) is 11.8 Å². The van der Waals surface area contributed by atoms with E-state index in [2.05, 4.69) is 21.2 Å². The highest BCUT2D eigenvalue weighted by atomic mass is 79.9. The number of hydrogen-bond acceptors (Lipinski definition) is 3. The largest absolute Gasteiger partial charge is 0.496 e. The molecule has 0 radical (unpaired) electrons. The van der Waals surface area contributed by atoms with Gasteiger partial charge in [0.05, 0.1) is 17.1 Å². The molecule has 1 unspecified atom stereocenters. The van der Waals surface area contributed by atoms with Gasteiger partial charge in [0.1, 0.15) is 17.6 Å². The number of methoxy groups -OCH3 is 1. The van der Waals surface area contributed by atoms with Gasteiger partial charge in [-0.15, -0.1) is 0 Å². The topological polar surface area (TPSA) is 45.0 Å². The Bertz CT molecular complexity index is 697. The third kappa shape index (κ3) is 3.53. The molecule has 21 heavy (non-hydrogen) atoms. The van der Waals surface area contributed by atoms with E-state index in [9.17, 15) is 4.39 Å². The van der Waals surface area contributed by atoms with Gasteiger partial charge in [-0.1, -0.05) is 6.07 Å². The van der Waals surface area contributed by atoms with E-state index in [0.717, 1.165) is 15.8 Å². The molecule has 2 rings (SSSR count). The number of hydrogen-bond donors (Lipinski definition) is 1. The van der Waals surface area contributed by atoms with Gasteiger partial charge in [0.15, 0.2) is 0 Å². The lowest BCUT2D eigenvalue weighted by atomic mass is 10.1. The Morgan fingerprint density at radius 3 is 2.67 bits per heavy atom. The van der Waals surface area contributed by atoms with Gasteiger partial charge in [-0.25, -0.2) is 4.39 Å². The van der Waals surface area contributed by atoms with Crippen LogP contribution >= 0.6 is 15.9 Å². The first kappa shape index (κ1) is 15.3. The Morgan fingerprint density at radius 1 is 1.29 bits per heavy atom. The van der Waals surface area contributed by atoms with Crippen molar-refractivity contribution in [1.29, 1.82) is 5.26 Å². The number of anilines is 1. The van der Waals surface area contributed by atoms with Crippen LogP contribution in [0.25, 0.3) is 0 Å². The van der Waals surface area contributed by atoms with Crippen molar-refractivity contribution in [3.05, 3.63) is 57.8 Å². The van der Waals surface area contributed by atoms with Gasteiger partial charge in [-0.3, -0.25) is 0 Å². The van der Waals surface area contributed by atoms with Crippen LogP contribution in [-0.2, 0) is 0 Å². The van der Waals surface area contributed by atoms with Crippen molar-refractivity contribution < 1.29 is 9.13 Å². The first-order valence-corrected chi connectivity index (χ1v) is 7.14. The molecule has 0 aromatic heterocycles. The second-order valence-electron chi connectivity index (χ2n) is 4.57. The van der Waals surface area contributed by atoms with E-state index >= 15 is 0 Å². The highest BCUT2D eigenvalue weighted by Gasteiger charge is 2.10. The van der Waals surface area contributed by atoms with Gasteiger partial charge in [-0.2, -0.15) is 5.26 Å². The van der Waals surface area contributed by atoms with E-state index in [-0.39, 0.29) is 11.6 Å². The molecule has 1 atom stereocenters. The second-order valence-corrected chi connectivity index (χ2v) is 5.42. The molecule has 2 aromatic carbocycles.